The van der Waals surface area contributed by atoms with Gasteiger partial charge in [0.1, 0.15) is 0 Å². The molecule has 0 saturated heterocycles. The van der Waals surface area contributed by atoms with Crippen LogP contribution in [0.15, 0.2) is 24.3 Å². The van der Waals surface area contributed by atoms with Crippen LogP contribution in [0.4, 0.5) is 5.69 Å². The van der Waals surface area contributed by atoms with Crippen LogP contribution in [0.3, 0.4) is 0 Å². The number of benzene rings is 1. The Bertz CT molecular complexity index is 408. The van der Waals surface area contributed by atoms with Gasteiger partial charge in [-0.1, -0.05) is 45.0 Å². The molecule has 0 amide bonds. The van der Waals surface area contributed by atoms with Crippen molar-refractivity contribution < 1.29 is 0 Å². The van der Waals surface area contributed by atoms with Gasteiger partial charge in [0.05, 0.1) is 0 Å². The van der Waals surface area contributed by atoms with E-state index < -0.39 is 0 Å². The Kier molecular flexibility index (Phi) is 2.34. The van der Waals surface area contributed by atoms with Crippen LogP contribution < -0.4 is 5.32 Å². The summed E-state index contributed by atoms with van der Waals surface area (Å²) in [5, 5.41) is 3.49. The lowest BCUT2D eigenvalue weighted by Crippen LogP contribution is -2.18. The molecule has 1 nitrogen and oxygen atoms in total. The minimum atomic E-state index is 0.204. The number of anilines is 1. The van der Waals surface area contributed by atoms with Gasteiger partial charge in [0, 0.05) is 17.8 Å². The third kappa shape index (κ3) is 1.79. The van der Waals surface area contributed by atoms with E-state index in [2.05, 4.69) is 57.3 Å². The van der Waals surface area contributed by atoms with E-state index in [4.69, 9.17) is 0 Å². The first kappa shape index (κ1) is 10.3. The molecule has 1 aliphatic heterocycles. The molecule has 0 atom stereocenters. The Morgan fingerprint density at radius 2 is 1.93 bits per heavy atom. The molecule has 2 rings (SSSR count). The van der Waals surface area contributed by atoms with Crippen LogP contribution in [0.5, 0.6) is 0 Å². The molecule has 80 valence electrons. The van der Waals surface area contributed by atoms with Gasteiger partial charge in [0.15, 0.2) is 0 Å². The monoisotopic (exact) mass is 201 g/mol. The van der Waals surface area contributed by atoms with Crippen LogP contribution in [0.25, 0.3) is 5.57 Å². The van der Waals surface area contributed by atoms with Gasteiger partial charge in [-0.05, 0) is 23.5 Å². The van der Waals surface area contributed by atoms with Gasteiger partial charge in [0.25, 0.3) is 0 Å². The van der Waals surface area contributed by atoms with Crippen LogP contribution in [-0.4, -0.2) is 6.54 Å². The number of para-hydroxylation sites is 1. The van der Waals surface area contributed by atoms with E-state index in [-0.39, 0.29) is 5.41 Å². The highest BCUT2D eigenvalue weighted by Gasteiger charge is 2.21. The molecule has 1 aliphatic rings. The molecular weight excluding hydrogens is 182 g/mol. The highest BCUT2D eigenvalue weighted by atomic mass is 14.9. The number of nitrogens with one attached hydrogen (secondary N) is 1. The van der Waals surface area contributed by atoms with Crippen molar-refractivity contribution in [2.24, 2.45) is 0 Å². The topological polar surface area (TPSA) is 12.0 Å². The second-order valence-electron chi connectivity index (χ2n) is 5.25. The predicted octanol–water partition coefficient (Wildman–Crippen LogP) is 3.81. The van der Waals surface area contributed by atoms with Crippen molar-refractivity contribution in [1.29, 1.82) is 0 Å². The van der Waals surface area contributed by atoms with E-state index >= 15 is 0 Å². The largest absolute Gasteiger partial charge is 0.381 e. The van der Waals surface area contributed by atoms with Gasteiger partial charge in [-0.2, -0.15) is 0 Å². The molecule has 1 aromatic rings. The summed E-state index contributed by atoms with van der Waals surface area (Å²) < 4.78 is 0. The lowest BCUT2D eigenvalue weighted by molar-refractivity contribution is 0.591. The SMILES string of the molecule is CC1=CCNc2c1cccc2C(C)(C)C. The number of rotatable bonds is 0. The van der Waals surface area contributed by atoms with Crippen molar-refractivity contribution in [3.05, 3.63) is 35.4 Å². The molecule has 0 aromatic heterocycles. The zero-order valence-electron chi connectivity index (χ0n) is 10.0. The molecule has 0 unspecified atom stereocenters. The fourth-order valence-corrected chi connectivity index (χ4v) is 2.11. The van der Waals surface area contributed by atoms with Crippen molar-refractivity contribution in [3.63, 3.8) is 0 Å². The second kappa shape index (κ2) is 3.41. The molecule has 0 fully saturated rings. The molecule has 0 aliphatic carbocycles. The smallest absolute Gasteiger partial charge is 0.0456 e. The predicted molar refractivity (Wildman–Crippen MR) is 67.3 cm³/mol. The van der Waals surface area contributed by atoms with E-state index in [1.807, 2.05) is 0 Å². The molecule has 0 bridgehead atoms. The van der Waals surface area contributed by atoms with Gasteiger partial charge in [-0.3, -0.25) is 0 Å². The Hall–Kier alpha value is -1.24. The Balaban J connectivity index is 2.61. The zero-order valence-corrected chi connectivity index (χ0v) is 10.0. The molecule has 1 heterocycles. The van der Waals surface area contributed by atoms with Gasteiger partial charge in [-0.15, -0.1) is 0 Å². The van der Waals surface area contributed by atoms with Gasteiger partial charge >= 0.3 is 0 Å². The average molecular weight is 201 g/mol. The summed E-state index contributed by atoms with van der Waals surface area (Å²) in [6.45, 7) is 9.92. The third-order valence-electron chi connectivity index (χ3n) is 2.98. The van der Waals surface area contributed by atoms with Crippen LogP contribution in [-0.2, 0) is 5.41 Å². The number of hydrogen-bond donors (Lipinski definition) is 1. The summed E-state index contributed by atoms with van der Waals surface area (Å²) in [6.07, 6.45) is 2.24. The highest BCUT2D eigenvalue weighted by Crippen LogP contribution is 2.36. The quantitative estimate of drug-likeness (QED) is 0.673. The number of fused-ring (bicyclic) bond motifs is 1. The molecule has 1 heteroatoms. The Labute approximate surface area is 92.2 Å². The minimum Gasteiger partial charge on any atom is -0.381 e. The maximum Gasteiger partial charge on any atom is 0.0456 e. The van der Waals surface area contributed by atoms with Crippen molar-refractivity contribution in [2.45, 2.75) is 33.1 Å². The summed E-state index contributed by atoms with van der Waals surface area (Å²) in [6, 6.07) is 6.58. The first-order valence-electron chi connectivity index (χ1n) is 5.54. The summed E-state index contributed by atoms with van der Waals surface area (Å²) in [4.78, 5) is 0. The number of hydrogen-bond acceptors (Lipinski definition) is 1. The molecule has 15 heavy (non-hydrogen) atoms. The second-order valence-corrected chi connectivity index (χ2v) is 5.25. The van der Waals surface area contributed by atoms with E-state index in [1.54, 1.807) is 0 Å². The van der Waals surface area contributed by atoms with E-state index in [9.17, 15) is 0 Å². The molecular formula is C14H19N. The van der Waals surface area contributed by atoms with E-state index in [1.165, 1.54) is 22.4 Å². The first-order chi connectivity index (χ1) is 7.00. The van der Waals surface area contributed by atoms with Crippen LogP contribution in [0.2, 0.25) is 0 Å². The van der Waals surface area contributed by atoms with Crippen molar-refractivity contribution in [2.75, 3.05) is 11.9 Å². The first-order valence-corrected chi connectivity index (χ1v) is 5.54. The summed E-state index contributed by atoms with van der Waals surface area (Å²) in [7, 11) is 0. The van der Waals surface area contributed by atoms with Gasteiger partial charge in [0.2, 0.25) is 0 Å². The van der Waals surface area contributed by atoms with Crippen molar-refractivity contribution >= 4 is 11.3 Å². The third-order valence-corrected chi connectivity index (χ3v) is 2.98. The standard InChI is InChI=1S/C14H19N/c1-10-8-9-15-13-11(10)6-5-7-12(13)14(2,3)4/h5-8,15H,9H2,1-4H3. The minimum absolute atomic E-state index is 0.204. The maximum absolute atomic E-state index is 3.49. The fourth-order valence-electron chi connectivity index (χ4n) is 2.11. The lowest BCUT2D eigenvalue weighted by Gasteiger charge is -2.27. The van der Waals surface area contributed by atoms with E-state index in [0.29, 0.717) is 0 Å². The highest BCUT2D eigenvalue weighted by molar-refractivity contribution is 5.80. The average Bonchev–Trinajstić information content (AvgIpc) is 2.16. The van der Waals surface area contributed by atoms with Crippen molar-refractivity contribution in [3.8, 4) is 0 Å². The summed E-state index contributed by atoms with van der Waals surface area (Å²) in [5.74, 6) is 0. The summed E-state index contributed by atoms with van der Waals surface area (Å²) >= 11 is 0. The van der Waals surface area contributed by atoms with Gasteiger partial charge in [-0.25, -0.2) is 0 Å². The molecule has 1 aromatic carbocycles. The van der Waals surface area contributed by atoms with Gasteiger partial charge < -0.3 is 5.32 Å². The molecule has 0 spiro atoms. The Morgan fingerprint density at radius 1 is 1.20 bits per heavy atom. The van der Waals surface area contributed by atoms with Crippen LogP contribution >= 0.6 is 0 Å². The Morgan fingerprint density at radius 3 is 2.60 bits per heavy atom. The van der Waals surface area contributed by atoms with Crippen LogP contribution in [0.1, 0.15) is 38.8 Å². The maximum atomic E-state index is 3.49. The summed E-state index contributed by atoms with van der Waals surface area (Å²) in [5.41, 5.74) is 5.68. The number of allylic oxidation sites excluding steroid dienone is 1. The zero-order chi connectivity index (χ0) is 11.1. The lowest BCUT2D eigenvalue weighted by atomic mass is 9.83. The fraction of sp³-hybridized carbons (Fsp3) is 0.429. The normalized spacial score (nSPS) is 15.3. The molecule has 0 radical (unpaired) electrons. The van der Waals surface area contributed by atoms with Crippen molar-refractivity contribution in [1.82, 2.24) is 0 Å². The molecule has 0 saturated carbocycles. The molecule has 1 N–H and O–H groups in total. The van der Waals surface area contributed by atoms with Crippen LogP contribution in [0, 0.1) is 0 Å². The van der Waals surface area contributed by atoms with E-state index in [0.717, 1.165) is 6.54 Å².